The van der Waals surface area contributed by atoms with Crippen LogP contribution in [0.25, 0.3) is 0 Å². The Morgan fingerprint density at radius 2 is 1.81 bits per heavy atom. The lowest BCUT2D eigenvalue weighted by atomic mass is 9.80. The maximum atomic E-state index is 10.5. The Labute approximate surface area is 93.7 Å². The zero-order valence-electron chi connectivity index (χ0n) is 8.85. The number of benzene rings is 1. The summed E-state index contributed by atoms with van der Waals surface area (Å²) >= 11 is 0. The quantitative estimate of drug-likeness (QED) is 0.563. The van der Waals surface area contributed by atoms with Gasteiger partial charge in [0.2, 0.25) is 0 Å². The monoisotopic (exact) mass is 216 g/mol. The highest BCUT2D eigenvalue weighted by atomic mass is 16.6. The third kappa shape index (κ3) is 1.65. The van der Waals surface area contributed by atoms with E-state index in [0.717, 1.165) is 31.2 Å². The maximum absolute atomic E-state index is 10.5. The SMILES string of the molecule is N#CC1(c2ccc([N+](=O)[O-])cc2)CCCC1. The summed E-state index contributed by atoms with van der Waals surface area (Å²) in [4.78, 5) is 10.1. The topological polar surface area (TPSA) is 66.9 Å². The molecule has 0 heterocycles. The zero-order valence-corrected chi connectivity index (χ0v) is 8.85. The first-order chi connectivity index (χ1) is 7.68. The van der Waals surface area contributed by atoms with E-state index >= 15 is 0 Å². The molecule has 1 aromatic carbocycles. The lowest BCUT2D eigenvalue weighted by Crippen LogP contribution is -2.18. The number of hydrogen-bond donors (Lipinski definition) is 0. The van der Waals surface area contributed by atoms with Gasteiger partial charge in [-0.2, -0.15) is 5.26 Å². The van der Waals surface area contributed by atoms with Crippen molar-refractivity contribution in [3.05, 3.63) is 39.9 Å². The summed E-state index contributed by atoms with van der Waals surface area (Å²) in [5, 5.41) is 19.8. The van der Waals surface area contributed by atoms with Crippen LogP contribution < -0.4 is 0 Å². The van der Waals surface area contributed by atoms with E-state index in [4.69, 9.17) is 0 Å². The Bertz CT molecular complexity index is 439. The van der Waals surface area contributed by atoms with E-state index in [1.807, 2.05) is 0 Å². The second kappa shape index (κ2) is 3.93. The molecule has 0 radical (unpaired) electrons. The van der Waals surface area contributed by atoms with Gasteiger partial charge in [-0.05, 0) is 18.4 Å². The van der Waals surface area contributed by atoms with Gasteiger partial charge < -0.3 is 0 Å². The smallest absolute Gasteiger partial charge is 0.258 e. The minimum Gasteiger partial charge on any atom is -0.258 e. The van der Waals surface area contributed by atoms with Gasteiger partial charge in [-0.3, -0.25) is 10.1 Å². The fraction of sp³-hybridized carbons (Fsp3) is 0.417. The Hall–Kier alpha value is -1.89. The minimum atomic E-state index is -0.419. The molecule has 1 aliphatic rings. The van der Waals surface area contributed by atoms with Crippen molar-refractivity contribution in [2.75, 3.05) is 0 Å². The largest absolute Gasteiger partial charge is 0.269 e. The van der Waals surface area contributed by atoms with Crippen molar-refractivity contribution in [1.82, 2.24) is 0 Å². The fourth-order valence-corrected chi connectivity index (χ4v) is 2.35. The first-order valence-electron chi connectivity index (χ1n) is 5.34. The molecule has 1 fully saturated rings. The molecule has 16 heavy (non-hydrogen) atoms. The molecule has 0 bridgehead atoms. The third-order valence-electron chi connectivity index (χ3n) is 3.30. The molecule has 0 atom stereocenters. The summed E-state index contributed by atoms with van der Waals surface area (Å²) < 4.78 is 0. The fourth-order valence-electron chi connectivity index (χ4n) is 2.35. The molecule has 1 aliphatic carbocycles. The van der Waals surface area contributed by atoms with E-state index in [1.54, 1.807) is 12.1 Å². The van der Waals surface area contributed by atoms with Crippen molar-refractivity contribution in [3.63, 3.8) is 0 Å². The number of nitro benzene ring substituents is 1. The number of nitriles is 1. The van der Waals surface area contributed by atoms with E-state index in [9.17, 15) is 15.4 Å². The molecule has 0 amide bonds. The highest BCUT2D eigenvalue weighted by Crippen LogP contribution is 2.40. The van der Waals surface area contributed by atoms with Crippen molar-refractivity contribution in [3.8, 4) is 6.07 Å². The second-order valence-electron chi connectivity index (χ2n) is 4.21. The standard InChI is InChI=1S/C12H12N2O2/c13-9-12(7-1-2-8-12)10-3-5-11(6-4-10)14(15)16/h3-6H,1-2,7-8H2. The summed E-state index contributed by atoms with van der Waals surface area (Å²) in [6.07, 6.45) is 3.84. The molecule has 0 spiro atoms. The summed E-state index contributed by atoms with van der Waals surface area (Å²) in [5.41, 5.74) is 0.586. The molecule has 0 saturated heterocycles. The van der Waals surface area contributed by atoms with Gasteiger partial charge in [-0.15, -0.1) is 0 Å². The van der Waals surface area contributed by atoms with Gasteiger partial charge in [0.15, 0.2) is 0 Å². The van der Waals surface area contributed by atoms with Crippen molar-refractivity contribution >= 4 is 5.69 Å². The van der Waals surface area contributed by atoms with Crippen LogP contribution in [0, 0.1) is 21.4 Å². The molecule has 0 aromatic heterocycles. The van der Waals surface area contributed by atoms with Crippen LogP contribution in [-0.4, -0.2) is 4.92 Å². The van der Waals surface area contributed by atoms with Crippen molar-refractivity contribution in [2.24, 2.45) is 0 Å². The molecule has 0 aliphatic heterocycles. The molecule has 0 unspecified atom stereocenters. The van der Waals surface area contributed by atoms with Crippen LogP contribution in [0.15, 0.2) is 24.3 Å². The van der Waals surface area contributed by atoms with Gasteiger partial charge >= 0.3 is 0 Å². The van der Waals surface area contributed by atoms with Gasteiger partial charge in [0.05, 0.1) is 16.4 Å². The van der Waals surface area contributed by atoms with Gasteiger partial charge in [0.1, 0.15) is 0 Å². The molecule has 4 heteroatoms. The van der Waals surface area contributed by atoms with Gasteiger partial charge in [-0.25, -0.2) is 0 Å². The summed E-state index contributed by atoms with van der Waals surface area (Å²) in [6, 6.07) is 8.76. The average molecular weight is 216 g/mol. The predicted molar refractivity (Wildman–Crippen MR) is 58.9 cm³/mol. The van der Waals surface area contributed by atoms with Crippen LogP contribution >= 0.6 is 0 Å². The molecule has 1 aromatic rings. The van der Waals surface area contributed by atoms with E-state index in [-0.39, 0.29) is 5.69 Å². The van der Waals surface area contributed by atoms with Crippen molar-refractivity contribution < 1.29 is 4.92 Å². The number of nitro groups is 1. The van der Waals surface area contributed by atoms with Crippen LogP contribution in [0.3, 0.4) is 0 Å². The third-order valence-corrected chi connectivity index (χ3v) is 3.30. The second-order valence-corrected chi connectivity index (χ2v) is 4.21. The van der Waals surface area contributed by atoms with E-state index in [1.165, 1.54) is 12.1 Å². The molecule has 2 rings (SSSR count). The van der Waals surface area contributed by atoms with E-state index in [2.05, 4.69) is 6.07 Å². The normalized spacial score (nSPS) is 17.9. The van der Waals surface area contributed by atoms with E-state index in [0.29, 0.717) is 0 Å². The number of rotatable bonds is 2. The summed E-state index contributed by atoms with van der Waals surface area (Å²) in [7, 11) is 0. The molecule has 0 N–H and O–H groups in total. The van der Waals surface area contributed by atoms with Gasteiger partial charge in [0.25, 0.3) is 5.69 Å². The highest BCUT2D eigenvalue weighted by molar-refractivity contribution is 5.40. The molecule has 82 valence electrons. The average Bonchev–Trinajstić information content (AvgIpc) is 2.79. The summed E-state index contributed by atoms with van der Waals surface area (Å²) in [6.45, 7) is 0. The van der Waals surface area contributed by atoms with Crippen LogP contribution in [0.4, 0.5) is 5.69 Å². The van der Waals surface area contributed by atoms with Crippen LogP contribution in [0.2, 0.25) is 0 Å². The molecular formula is C12H12N2O2. The number of non-ortho nitro benzene ring substituents is 1. The highest BCUT2D eigenvalue weighted by Gasteiger charge is 2.35. The molecular weight excluding hydrogens is 204 g/mol. The Morgan fingerprint density at radius 3 is 2.25 bits per heavy atom. The van der Waals surface area contributed by atoms with Crippen molar-refractivity contribution in [2.45, 2.75) is 31.1 Å². The van der Waals surface area contributed by atoms with Crippen LogP contribution in [0.5, 0.6) is 0 Å². The maximum Gasteiger partial charge on any atom is 0.269 e. The lowest BCUT2D eigenvalue weighted by Gasteiger charge is -2.20. The zero-order chi connectivity index (χ0) is 11.6. The Balaban J connectivity index is 2.34. The lowest BCUT2D eigenvalue weighted by molar-refractivity contribution is -0.384. The minimum absolute atomic E-state index is 0.0786. The Kier molecular flexibility index (Phi) is 2.61. The van der Waals surface area contributed by atoms with Crippen molar-refractivity contribution in [1.29, 1.82) is 5.26 Å². The first kappa shape index (κ1) is 10.6. The molecule has 1 saturated carbocycles. The van der Waals surface area contributed by atoms with E-state index < -0.39 is 10.3 Å². The van der Waals surface area contributed by atoms with Crippen LogP contribution in [-0.2, 0) is 5.41 Å². The number of nitrogens with zero attached hydrogens (tertiary/aromatic N) is 2. The van der Waals surface area contributed by atoms with Crippen LogP contribution in [0.1, 0.15) is 31.2 Å². The van der Waals surface area contributed by atoms with Gasteiger partial charge in [0, 0.05) is 12.1 Å². The first-order valence-corrected chi connectivity index (χ1v) is 5.34. The predicted octanol–water partition coefficient (Wildman–Crippen LogP) is 2.93. The number of hydrogen-bond acceptors (Lipinski definition) is 3. The Morgan fingerprint density at radius 1 is 1.25 bits per heavy atom. The summed E-state index contributed by atoms with van der Waals surface area (Å²) in [5.74, 6) is 0. The van der Waals surface area contributed by atoms with Gasteiger partial charge in [-0.1, -0.05) is 25.0 Å². The molecule has 4 nitrogen and oxygen atoms in total.